The molecule has 7 nitrogen and oxygen atoms in total. The Bertz CT molecular complexity index is 1220. The number of H-pyrrole nitrogens is 1. The van der Waals surface area contributed by atoms with Gasteiger partial charge < -0.3 is 15.0 Å². The average Bonchev–Trinajstić information content (AvgIpc) is 2.77. The van der Waals surface area contributed by atoms with Crippen molar-refractivity contribution in [1.29, 1.82) is 0 Å². The van der Waals surface area contributed by atoms with Crippen molar-refractivity contribution in [3.8, 4) is 11.6 Å². The van der Waals surface area contributed by atoms with E-state index in [1.54, 1.807) is 30.5 Å². The lowest BCUT2D eigenvalue weighted by Gasteiger charge is -2.08. The van der Waals surface area contributed by atoms with Crippen LogP contribution >= 0.6 is 0 Å². The quantitative estimate of drug-likeness (QED) is 0.496. The number of carbonyl (C=O) groups is 1. The Hall–Kier alpha value is -4.00. The second-order valence-electron chi connectivity index (χ2n) is 6.72. The Morgan fingerprint density at radius 1 is 1.03 bits per heavy atom. The topological polar surface area (TPSA) is 97.0 Å². The molecule has 2 aromatic carbocycles. The third kappa shape index (κ3) is 4.88. The highest BCUT2D eigenvalue weighted by molar-refractivity contribution is 5.78. The van der Waals surface area contributed by atoms with E-state index in [4.69, 9.17) is 4.74 Å². The van der Waals surface area contributed by atoms with E-state index in [9.17, 15) is 9.59 Å². The average molecular weight is 400 g/mol. The van der Waals surface area contributed by atoms with E-state index >= 15 is 0 Å². The molecule has 0 aliphatic heterocycles. The molecule has 0 fully saturated rings. The van der Waals surface area contributed by atoms with Crippen LogP contribution in [0.2, 0.25) is 0 Å². The molecule has 0 atom stereocenters. The van der Waals surface area contributed by atoms with Crippen molar-refractivity contribution in [2.45, 2.75) is 19.4 Å². The Morgan fingerprint density at radius 3 is 2.70 bits per heavy atom. The molecule has 4 rings (SSSR count). The van der Waals surface area contributed by atoms with Gasteiger partial charge in [0.2, 0.25) is 11.8 Å². The fourth-order valence-electron chi connectivity index (χ4n) is 3.00. The number of aryl methyl sites for hydroxylation is 1. The van der Waals surface area contributed by atoms with Crippen molar-refractivity contribution in [2.75, 3.05) is 0 Å². The number of benzene rings is 2. The summed E-state index contributed by atoms with van der Waals surface area (Å²) in [6, 6.07) is 20.1. The predicted molar refractivity (Wildman–Crippen MR) is 113 cm³/mol. The number of nitrogens with one attached hydrogen (secondary N) is 2. The molecule has 0 radical (unpaired) electrons. The minimum atomic E-state index is -0.196. The molecular weight excluding hydrogens is 380 g/mol. The number of fused-ring (bicyclic) bond motifs is 1. The lowest BCUT2D eigenvalue weighted by atomic mass is 10.2. The second kappa shape index (κ2) is 9.00. The minimum absolute atomic E-state index is 0.131. The summed E-state index contributed by atoms with van der Waals surface area (Å²) in [7, 11) is 0. The lowest BCUT2D eigenvalue weighted by Crippen LogP contribution is -2.23. The Kier molecular flexibility index (Phi) is 5.80. The van der Waals surface area contributed by atoms with Gasteiger partial charge in [0.05, 0.1) is 10.9 Å². The first kappa shape index (κ1) is 19.3. The van der Waals surface area contributed by atoms with Crippen LogP contribution in [0.1, 0.15) is 17.8 Å². The van der Waals surface area contributed by atoms with Gasteiger partial charge in [-0.2, -0.15) is 0 Å². The highest BCUT2D eigenvalue weighted by Gasteiger charge is 2.07. The number of hydrogen-bond acceptors (Lipinski definition) is 5. The molecular formula is C23H20N4O3. The monoisotopic (exact) mass is 400 g/mol. The summed E-state index contributed by atoms with van der Waals surface area (Å²) in [5, 5.41) is 3.41. The molecule has 0 saturated heterocycles. The van der Waals surface area contributed by atoms with Crippen molar-refractivity contribution in [1.82, 2.24) is 20.3 Å². The van der Waals surface area contributed by atoms with Gasteiger partial charge in [-0.3, -0.25) is 9.59 Å². The maximum absolute atomic E-state index is 12.2. The summed E-state index contributed by atoms with van der Waals surface area (Å²) < 4.78 is 5.71. The largest absolute Gasteiger partial charge is 0.439 e. The number of carbonyl (C=O) groups excluding carboxylic acids is 1. The number of amides is 1. The van der Waals surface area contributed by atoms with Gasteiger partial charge in [0.25, 0.3) is 5.56 Å². The highest BCUT2D eigenvalue weighted by atomic mass is 16.5. The number of ether oxygens (including phenoxy) is 1. The fraction of sp³-hybridized carbons (Fsp3) is 0.130. The van der Waals surface area contributed by atoms with Gasteiger partial charge in [-0.25, -0.2) is 9.97 Å². The lowest BCUT2D eigenvalue weighted by molar-refractivity contribution is -0.121. The molecule has 0 saturated carbocycles. The van der Waals surface area contributed by atoms with E-state index in [1.807, 2.05) is 42.5 Å². The first-order chi connectivity index (χ1) is 14.7. The molecule has 150 valence electrons. The van der Waals surface area contributed by atoms with Crippen molar-refractivity contribution >= 4 is 16.8 Å². The van der Waals surface area contributed by atoms with Crippen molar-refractivity contribution in [3.05, 3.63) is 94.7 Å². The zero-order chi connectivity index (χ0) is 20.8. The summed E-state index contributed by atoms with van der Waals surface area (Å²) in [5.74, 6) is 1.53. The van der Waals surface area contributed by atoms with Crippen LogP contribution in [-0.2, 0) is 17.8 Å². The molecule has 7 heteroatoms. The summed E-state index contributed by atoms with van der Waals surface area (Å²) >= 11 is 0. The SMILES string of the molecule is O=C(CCc1nc2ccccc2c(=O)[nH]1)NCc1ccnc(Oc2ccccc2)c1. The molecule has 4 aromatic rings. The predicted octanol–water partition coefficient (Wildman–Crippen LogP) is 3.36. The van der Waals surface area contributed by atoms with E-state index in [2.05, 4.69) is 20.3 Å². The Morgan fingerprint density at radius 2 is 1.83 bits per heavy atom. The highest BCUT2D eigenvalue weighted by Crippen LogP contribution is 2.19. The number of rotatable bonds is 7. The van der Waals surface area contributed by atoms with Crippen LogP contribution in [0.25, 0.3) is 10.9 Å². The van der Waals surface area contributed by atoms with Gasteiger partial charge in [0, 0.05) is 31.6 Å². The molecule has 2 heterocycles. The van der Waals surface area contributed by atoms with Gasteiger partial charge in [-0.1, -0.05) is 30.3 Å². The van der Waals surface area contributed by atoms with Crippen molar-refractivity contribution < 1.29 is 9.53 Å². The normalized spacial score (nSPS) is 10.7. The molecule has 2 aromatic heterocycles. The molecule has 30 heavy (non-hydrogen) atoms. The van der Waals surface area contributed by atoms with Crippen LogP contribution < -0.4 is 15.6 Å². The van der Waals surface area contributed by atoms with Gasteiger partial charge in [-0.05, 0) is 35.9 Å². The van der Waals surface area contributed by atoms with Crippen LogP contribution in [0.3, 0.4) is 0 Å². The van der Waals surface area contributed by atoms with E-state index in [0.29, 0.717) is 41.3 Å². The van der Waals surface area contributed by atoms with Gasteiger partial charge >= 0.3 is 0 Å². The first-order valence-electron chi connectivity index (χ1n) is 9.60. The second-order valence-corrected chi connectivity index (χ2v) is 6.72. The Labute approximate surface area is 172 Å². The summed E-state index contributed by atoms with van der Waals surface area (Å²) in [6.07, 6.45) is 2.22. The van der Waals surface area contributed by atoms with Gasteiger partial charge in [-0.15, -0.1) is 0 Å². The number of para-hydroxylation sites is 2. The van der Waals surface area contributed by atoms with Crippen LogP contribution in [0, 0.1) is 0 Å². The standard InChI is InChI=1S/C23H20N4O3/c28-21(11-10-20-26-19-9-5-4-8-18(19)23(29)27-20)25-15-16-12-13-24-22(14-16)30-17-6-2-1-3-7-17/h1-9,12-14H,10-11,15H2,(H,25,28)(H,26,27,29). The molecule has 1 amide bonds. The number of aromatic nitrogens is 3. The number of aromatic amines is 1. The van der Waals surface area contributed by atoms with Crippen molar-refractivity contribution in [3.63, 3.8) is 0 Å². The summed E-state index contributed by atoms with van der Waals surface area (Å²) in [5.41, 5.74) is 1.31. The van der Waals surface area contributed by atoms with E-state index in [1.165, 1.54) is 0 Å². The molecule has 0 unspecified atom stereocenters. The third-order valence-electron chi connectivity index (χ3n) is 4.51. The van der Waals surface area contributed by atoms with Crippen LogP contribution in [0.5, 0.6) is 11.6 Å². The smallest absolute Gasteiger partial charge is 0.258 e. The van der Waals surface area contributed by atoms with Gasteiger partial charge in [0.1, 0.15) is 11.6 Å². The summed E-state index contributed by atoms with van der Waals surface area (Å²) in [6.45, 7) is 0.355. The van der Waals surface area contributed by atoms with Crippen LogP contribution in [0.15, 0.2) is 77.7 Å². The maximum atomic E-state index is 12.2. The molecule has 0 aliphatic rings. The molecule has 0 bridgehead atoms. The zero-order valence-electron chi connectivity index (χ0n) is 16.2. The maximum Gasteiger partial charge on any atom is 0.258 e. The van der Waals surface area contributed by atoms with E-state index in [0.717, 1.165) is 5.56 Å². The zero-order valence-corrected chi connectivity index (χ0v) is 16.2. The van der Waals surface area contributed by atoms with Gasteiger partial charge in [0.15, 0.2) is 0 Å². The molecule has 2 N–H and O–H groups in total. The third-order valence-corrected chi connectivity index (χ3v) is 4.51. The van der Waals surface area contributed by atoms with E-state index in [-0.39, 0.29) is 17.9 Å². The van der Waals surface area contributed by atoms with Crippen molar-refractivity contribution in [2.24, 2.45) is 0 Å². The first-order valence-corrected chi connectivity index (χ1v) is 9.60. The number of nitrogens with zero attached hydrogens (tertiary/aromatic N) is 2. The molecule has 0 spiro atoms. The van der Waals surface area contributed by atoms with Crippen LogP contribution in [0.4, 0.5) is 0 Å². The molecule has 0 aliphatic carbocycles. The minimum Gasteiger partial charge on any atom is -0.439 e. The van der Waals surface area contributed by atoms with E-state index < -0.39 is 0 Å². The number of pyridine rings is 1. The number of hydrogen-bond donors (Lipinski definition) is 2. The summed E-state index contributed by atoms with van der Waals surface area (Å²) in [4.78, 5) is 35.7. The Balaban J connectivity index is 1.32. The van der Waals surface area contributed by atoms with Crippen LogP contribution in [-0.4, -0.2) is 20.9 Å². The fourth-order valence-corrected chi connectivity index (χ4v) is 3.00.